The molecule has 0 bridgehead atoms. The van der Waals surface area contributed by atoms with Gasteiger partial charge in [-0.2, -0.15) is 0 Å². The number of nitro groups is 1. The number of anilines is 1. The van der Waals surface area contributed by atoms with Crippen molar-refractivity contribution < 1.29 is 9.72 Å². The van der Waals surface area contributed by atoms with Crippen LogP contribution in [-0.4, -0.2) is 51.9 Å². The minimum atomic E-state index is -0.450. The van der Waals surface area contributed by atoms with Crippen molar-refractivity contribution in [3.05, 3.63) is 88.6 Å². The van der Waals surface area contributed by atoms with E-state index in [1.165, 1.54) is 18.2 Å². The molecule has 0 radical (unpaired) electrons. The molecule has 2 aromatic carbocycles. The van der Waals surface area contributed by atoms with Gasteiger partial charge < -0.3 is 9.80 Å². The average Bonchev–Trinajstić information content (AvgIpc) is 2.83. The number of carbonyl (C=O) groups excluding carboxylic acids is 1. The van der Waals surface area contributed by atoms with Gasteiger partial charge >= 0.3 is 0 Å². The Balaban J connectivity index is 1.37. The molecule has 31 heavy (non-hydrogen) atoms. The fourth-order valence-electron chi connectivity index (χ4n) is 3.42. The summed E-state index contributed by atoms with van der Waals surface area (Å²) < 4.78 is 0. The predicted molar refractivity (Wildman–Crippen MR) is 118 cm³/mol. The molecule has 0 saturated carbocycles. The van der Waals surface area contributed by atoms with Crippen LogP contribution in [0.1, 0.15) is 5.56 Å². The second kappa shape index (κ2) is 9.17. The Labute approximate surface area is 179 Å². The highest BCUT2D eigenvalue weighted by Crippen LogP contribution is 2.19. The van der Waals surface area contributed by atoms with Crippen LogP contribution in [0.15, 0.2) is 72.9 Å². The minimum Gasteiger partial charge on any atom is -0.353 e. The standard InChI is InChI=1S/C23H21N5O3/c29-22(10-9-18-5-4-8-20(17-18)28(30)31)27-15-13-26(14-16-27)21-11-12-24-23(25-21)19-6-2-1-3-7-19/h1-12,17H,13-16H2/b10-9+. The number of amides is 1. The van der Waals surface area contributed by atoms with Gasteiger partial charge in [-0.05, 0) is 17.7 Å². The highest BCUT2D eigenvalue weighted by molar-refractivity contribution is 5.92. The highest BCUT2D eigenvalue weighted by atomic mass is 16.6. The maximum Gasteiger partial charge on any atom is 0.270 e. The van der Waals surface area contributed by atoms with Gasteiger partial charge in [-0.3, -0.25) is 14.9 Å². The zero-order valence-electron chi connectivity index (χ0n) is 16.8. The van der Waals surface area contributed by atoms with Gasteiger partial charge in [-0.15, -0.1) is 0 Å². The zero-order valence-corrected chi connectivity index (χ0v) is 16.8. The third kappa shape index (κ3) is 4.92. The van der Waals surface area contributed by atoms with Crippen molar-refractivity contribution in [2.45, 2.75) is 0 Å². The highest BCUT2D eigenvalue weighted by Gasteiger charge is 2.21. The average molecular weight is 415 g/mol. The third-order valence-corrected chi connectivity index (χ3v) is 5.09. The van der Waals surface area contributed by atoms with E-state index in [1.807, 2.05) is 36.4 Å². The molecule has 0 N–H and O–H groups in total. The van der Waals surface area contributed by atoms with Crippen molar-refractivity contribution in [2.75, 3.05) is 31.1 Å². The molecule has 1 fully saturated rings. The summed E-state index contributed by atoms with van der Waals surface area (Å²) in [6, 6.07) is 17.9. The van der Waals surface area contributed by atoms with Crippen molar-refractivity contribution in [2.24, 2.45) is 0 Å². The van der Waals surface area contributed by atoms with E-state index < -0.39 is 4.92 Å². The van der Waals surface area contributed by atoms with Crippen LogP contribution < -0.4 is 4.90 Å². The van der Waals surface area contributed by atoms with Crippen molar-refractivity contribution in [1.29, 1.82) is 0 Å². The number of hydrogen-bond acceptors (Lipinski definition) is 6. The maximum atomic E-state index is 12.5. The number of piperazine rings is 1. The molecule has 4 rings (SSSR count). The van der Waals surface area contributed by atoms with E-state index >= 15 is 0 Å². The molecule has 1 aromatic heterocycles. The Hall–Kier alpha value is -4.07. The van der Waals surface area contributed by atoms with Crippen LogP contribution >= 0.6 is 0 Å². The molecular formula is C23H21N5O3. The quantitative estimate of drug-likeness (QED) is 0.360. The summed E-state index contributed by atoms with van der Waals surface area (Å²) in [7, 11) is 0. The number of aromatic nitrogens is 2. The molecule has 1 aliphatic rings. The molecule has 1 aliphatic heterocycles. The van der Waals surface area contributed by atoms with Gasteiger partial charge in [0, 0.05) is 56.1 Å². The van der Waals surface area contributed by atoms with Gasteiger partial charge in [0.25, 0.3) is 5.69 Å². The summed E-state index contributed by atoms with van der Waals surface area (Å²) in [5.41, 5.74) is 1.59. The molecule has 1 amide bonds. The number of carbonyl (C=O) groups is 1. The molecule has 0 unspecified atom stereocenters. The van der Waals surface area contributed by atoms with Crippen LogP contribution in [0.3, 0.4) is 0 Å². The Morgan fingerprint density at radius 2 is 1.77 bits per heavy atom. The second-order valence-corrected chi connectivity index (χ2v) is 7.10. The first-order valence-corrected chi connectivity index (χ1v) is 9.95. The first kappa shape index (κ1) is 20.2. The lowest BCUT2D eigenvalue weighted by atomic mass is 10.2. The number of nitro benzene ring substituents is 1. The number of hydrogen-bond donors (Lipinski definition) is 0. The fourth-order valence-corrected chi connectivity index (χ4v) is 3.42. The minimum absolute atomic E-state index is 0.00272. The van der Waals surface area contributed by atoms with Gasteiger partial charge in [0.1, 0.15) is 5.82 Å². The van der Waals surface area contributed by atoms with Gasteiger partial charge in [0.15, 0.2) is 5.82 Å². The maximum absolute atomic E-state index is 12.5. The number of non-ortho nitro benzene ring substituents is 1. The van der Waals surface area contributed by atoms with Gasteiger partial charge in [0.2, 0.25) is 5.91 Å². The molecule has 0 aliphatic carbocycles. The van der Waals surface area contributed by atoms with Gasteiger partial charge in [-0.1, -0.05) is 42.5 Å². The van der Waals surface area contributed by atoms with Gasteiger partial charge in [0.05, 0.1) is 4.92 Å². The van der Waals surface area contributed by atoms with Crippen molar-refractivity contribution in [3.8, 4) is 11.4 Å². The molecule has 1 saturated heterocycles. The summed E-state index contributed by atoms with van der Waals surface area (Å²) >= 11 is 0. The topological polar surface area (TPSA) is 92.5 Å². The largest absolute Gasteiger partial charge is 0.353 e. The van der Waals surface area contributed by atoms with Crippen LogP contribution in [-0.2, 0) is 4.79 Å². The Morgan fingerprint density at radius 1 is 1.00 bits per heavy atom. The summed E-state index contributed by atoms with van der Waals surface area (Å²) in [5, 5.41) is 10.9. The van der Waals surface area contributed by atoms with E-state index in [-0.39, 0.29) is 11.6 Å². The first-order valence-electron chi connectivity index (χ1n) is 9.95. The van der Waals surface area contributed by atoms with E-state index in [2.05, 4.69) is 14.9 Å². The van der Waals surface area contributed by atoms with E-state index in [1.54, 1.807) is 29.3 Å². The van der Waals surface area contributed by atoms with E-state index in [0.29, 0.717) is 37.6 Å². The Kier molecular flexibility index (Phi) is 5.98. The Bertz CT molecular complexity index is 1110. The van der Waals surface area contributed by atoms with Crippen LogP contribution in [0.25, 0.3) is 17.5 Å². The molecule has 2 heterocycles. The fraction of sp³-hybridized carbons (Fsp3) is 0.174. The number of nitrogens with zero attached hydrogens (tertiary/aromatic N) is 5. The summed E-state index contributed by atoms with van der Waals surface area (Å²) in [6.07, 6.45) is 4.83. The van der Waals surface area contributed by atoms with E-state index in [4.69, 9.17) is 0 Å². The second-order valence-electron chi connectivity index (χ2n) is 7.10. The monoisotopic (exact) mass is 415 g/mol. The predicted octanol–water partition coefficient (Wildman–Crippen LogP) is 3.41. The molecule has 8 nitrogen and oxygen atoms in total. The van der Waals surface area contributed by atoms with E-state index in [9.17, 15) is 14.9 Å². The SMILES string of the molecule is O=C(/C=C/c1cccc([N+](=O)[O-])c1)N1CCN(c2ccnc(-c3ccccc3)n2)CC1. The van der Waals surface area contributed by atoms with E-state index in [0.717, 1.165) is 11.4 Å². The number of rotatable bonds is 5. The molecule has 0 atom stereocenters. The lowest BCUT2D eigenvalue weighted by Crippen LogP contribution is -2.48. The third-order valence-electron chi connectivity index (χ3n) is 5.09. The zero-order chi connectivity index (χ0) is 21.6. The van der Waals surface area contributed by atoms with Crippen molar-refractivity contribution in [1.82, 2.24) is 14.9 Å². The normalized spacial score (nSPS) is 14.1. The molecular weight excluding hydrogens is 394 g/mol. The molecule has 8 heteroatoms. The number of benzene rings is 2. The summed E-state index contributed by atoms with van der Waals surface area (Å²) in [6.45, 7) is 2.48. The summed E-state index contributed by atoms with van der Waals surface area (Å²) in [4.78, 5) is 35.9. The lowest BCUT2D eigenvalue weighted by molar-refractivity contribution is -0.384. The summed E-state index contributed by atoms with van der Waals surface area (Å²) in [5.74, 6) is 1.41. The Morgan fingerprint density at radius 3 is 2.52 bits per heavy atom. The molecule has 156 valence electrons. The van der Waals surface area contributed by atoms with Crippen LogP contribution in [0.2, 0.25) is 0 Å². The molecule has 0 spiro atoms. The van der Waals surface area contributed by atoms with Crippen LogP contribution in [0, 0.1) is 10.1 Å². The molecule has 3 aromatic rings. The first-order chi connectivity index (χ1) is 15.1. The van der Waals surface area contributed by atoms with Crippen LogP contribution in [0.4, 0.5) is 11.5 Å². The lowest BCUT2D eigenvalue weighted by Gasteiger charge is -2.35. The van der Waals surface area contributed by atoms with Gasteiger partial charge in [-0.25, -0.2) is 9.97 Å². The van der Waals surface area contributed by atoms with Crippen molar-refractivity contribution in [3.63, 3.8) is 0 Å². The van der Waals surface area contributed by atoms with Crippen molar-refractivity contribution >= 4 is 23.5 Å². The van der Waals surface area contributed by atoms with Crippen LogP contribution in [0.5, 0.6) is 0 Å². The smallest absolute Gasteiger partial charge is 0.270 e.